The van der Waals surface area contributed by atoms with Gasteiger partial charge in [-0.1, -0.05) is 109 Å². The second kappa shape index (κ2) is 10.6. The molecule has 0 unspecified atom stereocenters. The van der Waals surface area contributed by atoms with Gasteiger partial charge in [-0.05, 0) is 71.1 Å². The van der Waals surface area contributed by atoms with Crippen molar-refractivity contribution in [2.24, 2.45) is 0 Å². The molecule has 234 valence electrons. The van der Waals surface area contributed by atoms with Crippen LogP contribution in [0.5, 0.6) is 0 Å². The highest BCUT2D eigenvalue weighted by atomic mass is 32.1. The molecule has 0 fully saturated rings. The van der Waals surface area contributed by atoms with Gasteiger partial charge in [0, 0.05) is 42.7 Å². The molecule has 3 nitrogen and oxygen atoms in total. The van der Waals surface area contributed by atoms with Gasteiger partial charge in [0.25, 0.3) is 0 Å². The van der Waals surface area contributed by atoms with E-state index in [9.17, 15) is 0 Å². The second-order valence-electron chi connectivity index (χ2n) is 12.8. The van der Waals surface area contributed by atoms with E-state index in [0.717, 1.165) is 60.9 Å². The van der Waals surface area contributed by atoms with Crippen molar-refractivity contribution in [1.29, 1.82) is 0 Å². The summed E-state index contributed by atoms with van der Waals surface area (Å²) in [5.41, 5.74) is 9.28. The van der Waals surface area contributed by atoms with Crippen LogP contribution in [0, 0.1) is 0 Å². The standard InChI is InChI=1S/C46H27NO2S/c1-2-10-28(11-3-1)29-20-23-31(24-21-29)47(37-16-9-19-40-42(37)36-25-22-30-12-4-5-13-32(30)44(36)49-40)38-17-8-15-33-34-26-27-41-43(46(34)50-45(33)38)35-14-6-7-18-39(35)48-41/h1-27H. The Labute approximate surface area is 290 Å². The summed E-state index contributed by atoms with van der Waals surface area (Å²) in [7, 11) is 0. The number of hydrogen-bond acceptors (Lipinski definition) is 4. The highest BCUT2D eigenvalue weighted by Crippen LogP contribution is 2.50. The van der Waals surface area contributed by atoms with Crippen LogP contribution in [0.2, 0.25) is 0 Å². The first kappa shape index (κ1) is 27.6. The number of furan rings is 2. The van der Waals surface area contributed by atoms with Crippen LogP contribution in [-0.2, 0) is 0 Å². The Morgan fingerprint density at radius 1 is 0.380 bits per heavy atom. The summed E-state index contributed by atoms with van der Waals surface area (Å²) in [5, 5.41) is 9.29. The van der Waals surface area contributed by atoms with E-state index in [2.05, 4.69) is 163 Å². The Balaban J connectivity index is 1.21. The quantitative estimate of drug-likeness (QED) is 0.189. The van der Waals surface area contributed by atoms with Gasteiger partial charge in [0.05, 0.1) is 21.5 Å². The molecule has 50 heavy (non-hydrogen) atoms. The summed E-state index contributed by atoms with van der Waals surface area (Å²) in [5.74, 6) is 0. The van der Waals surface area contributed by atoms with Crippen molar-refractivity contribution in [2.75, 3.05) is 4.90 Å². The third kappa shape index (κ3) is 3.97. The number of anilines is 3. The molecule has 0 aliphatic carbocycles. The molecule has 0 bridgehead atoms. The fourth-order valence-electron chi connectivity index (χ4n) is 7.79. The van der Waals surface area contributed by atoms with Crippen LogP contribution in [-0.4, -0.2) is 0 Å². The number of nitrogens with zero attached hydrogens (tertiary/aromatic N) is 1. The monoisotopic (exact) mass is 657 g/mol. The zero-order valence-electron chi connectivity index (χ0n) is 26.8. The lowest BCUT2D eigenvalue weighted by Gasteiger charge is -2.27. The van der Waals surface area contributed by atoms with Gasteiger partial charge in [-0.2, -0.15) is 0 Å². The molecule has 0 radical (unpaired) electrons. The van der Waals surface area contributed by atoms with Crippen LogP contribution in [0.15, 0.2) is 173 Å². The largest absolute Gasteiger partial charge is 0.456 e. The average Bonchev–Trinajstić information content (AvgIpc) is 3.87. The van der Waals surface area contributed by atoms with Crippen molar-refractivity contribution in [1.82, 2.24) is 0 Å². The third-order valence-corrected chi connectivity index (χ3v) is 11.3. The summed E-state index contributed by atoms with van der Waals surface area (Å²) >= 11 is 1.84. The third-order valence-electron chi connectivity index (χ3n) is 10.1. The van der Waals surface area contributed by atoms with Crippen molar-refractivity contribution >= 4 is 103 Å². The summed E-state index contributed by atoms with van der Waals surface area (Å²) in [6, 6.07) is 58.2. The SMILES string of the molecule is c1ccc(-c2ccc(N(c3cccc4c3sc3c4ccc4oc5ccccc5c43)c3cccc4oc5c6ccccc6ccc5c34)cc2)cc1. The average molecular weight is 658 g/mol. The minimum absolute atomic E-state index is 0.870. The predicted molar refractivity (Wildman–Crippen MR) is 212 cm³/mol. The number of fused-ring (bicyclic) bond motifs is 12. The highest BCUT2D eigenvalue weighted by Gasteiger charge is 2.24. The smallest absolute Gasteiger partial charge is 0.143 e. The molecule has 0 aliphatic heterocycles. The maximum atomic E-state index is 6.69. The van der Waals surface area contributed by atoms with Crippen molar-refractivity contribution in [2.45, 2.75) is 0 Å². The van der Waals surface area contributed by atoms with E-state index in [1.165, 1.54) is 42.1 Å². The summed E-state index contributed by atoms with van der Waals surface area (Å²) < 4.78 is 15.5. The molecule has 0 amide bonds. The lowest BCUT2D eigenvalue weighted by Crippen LogP contribution is -2.10. The fraction of sp³-hybridized carbons (Fsp3) is 0. The van der Waals surface area contributed by atoms with E-state index in [1.54, 1.807) is 0 Å². The Morgan fingerprint density at radius 2 is 1.04 bits per heavy atom. The molecule has 11 rings (SSSR count). The number of para-hydroxylation sites is 1. The molecular formula is C46H27NO2S. The number of hydrogen-bond donors (Lipinski definition) is 0. The Morgan fingerprint density at radius 3 is 1.94 bits per heavy atom. The first-order chi connectivity index (χ1) is 24.8. The Kier molecular flexibility index (Phi) is 5.83. The van der Waals surface area contributed by atoms with Gasteiger partial charge in [-0.3, -0.25) is 0 Å². The zero-order valence-corrected chi connectivity index (χ0v) is 27.6. The first-order valence-electron chi connectivity index (χ1n) is 16.8. The summed E-state index contributed by atoms with van der Waals surface area (Å²) in [6.07, 6.45) is 0. The lowest BCUT2D eigenvalue weighted by atomic mass is 10.0. The number of benzene rings is 8. The maximum Gasteiger partial charge on any atom is 0.143 e. The zero-order chi connectivity index (χ0) is 32.8. The van der Waals surface area contributed by atoms with Gasteiger partial charge in [0.15, 0.2) is 0 Å². The van der Waals surface area contributed by atoms with Crippen LogP contribution in [0.4, 0.5) is 17.1 Å². The predicted octanol–water partition coefficient (Wildman–Crippen LogP) is 14.1. The normalized spacial score (nSPS) is 12.0. The van der Waals surface area contributed by atoms with E-state index < -0.39 is 0 Å². The number of thiophene rings is 1. The van der Waals surface area contributed by atoms with E-state index in [1.807, 2.05) is 17.4 Å². The molecule has 3 heterocycles. The molecule has 3 aromatic heterocycles. The van der Waals surface area contributed by atoms with E-state index in [-0.39, 0.29) is 0 Å². The highest BCUT2D eigenvalue weighted by molar-refractivity contribution is 7.27. The molecular weight excluding hydrogens is 631 g/mol. The van der Waals surface area contributed by atoms with Crippen LogP contribution in [0.3, 0.4) is 0 Å². The van der Waals surface area contributed by atoms with Gasteiger partial charge in [-0.15, -0.1) is 11.3 Å². The molecule has 0 atom stereocenters. The van der Waals surface area contributed by atoms with Gasteiger partial charge in [-0.25, -0.2) is 0 Å². The molecule has 0 spiro atoms. The summed E-state index contributed by atoms with van der Waals surface area (Å²) in [6.45, 7) is 0. The summed E-state index contributed by atoms with van der Waals surface area (Å²) in [4.78, 5) is 2.42. The van der Waals surface area contributed by atoms with Crippen LogP contribution >= 0.6 is 11.3 Å². The van der Waals surface area contributed by atoms with Gasteiger partial charge in [0.1, 0.15) is 22.3 Å². The maximum absolute atomic E-state index is 6.69. The van der Waals surface area contributed by atoms with Crippen LogP contribution in [0.25, 0.3) is 85.9 Å². The number of rotatable bonds is 4. The van der Waals surface area contributed by atoms with Crippen molar-refractivity contribution in [3.63, 3.8) is 0 Å². The molecule has 11 aromatic rings. The van der Waals surface area contributed by atoms with Crippen LogP contribution < -0.4 is 4.90 Å². The van der Waals surface area contributed by atoms with E-state index >= 15 is 0 Å². The topological polar surface area (TPSA) is 29.5 Å². The molecule has 4 heteroatoms. The minimum atomic E-state index is 0.870. The molecule has 0 aliphatic rings. The fourth-order valence-corrected chi connectivity index (χ4v) is 9.15. The van der Waals surface area contributed by atoms with E-state index in [4.69, 9.17) is 8.83 Å². The molecule has 0 saturated heterocycles. The lowest BCUT2D eigenvalue weighted by molar-refractivity contribution is 0.669. The van der Waals surface area contributed by atoms with Crippen molar-refractivity contribution in [3.8, 4) is 11.1 Å². The first-order valence-corrected chi connectivity index (χ1v) is 17.7. The Hall–Kier alpha value is -6.36. The van der Waals surface area contributed by atoms with Crippen molar-refractivity contribution in [3.05, 3.63) is 164 Å². The van der Waals surface area contributed by atoms with Gasteiger partial charge < -0.3 is 13.7 Å². The van der Waals surface area contributed by atoms with E-state index in [0.29, 0.717) is 0 Å². The van der Waals surface area contributed by atoms with Gasteiger partial charge >= 0.3 is 0 Å². The second-order valence-corrected chi connectivity index (χ2v) is 13.9. The minimum Gasteiger partial charge on any atom is -0.456 e. The molecule has 8 aromatic carbocycles. The molecule has 0 saturated carbocycles. The van der Waals surface area contributed by atoms with Crippen molar-refractivity contribution < 1.29 is 8.83 Å². The Bertz CT molecular complexity index is 3090. The molecule has 0 N–H and O–H groups in total. The van der Waals surface area contributed by atoms with Crippen LogP contribution in [0.1, 0.15) is 0 Å². The van der Waals surface area contributed by atoms with Gasteiger partial charge in [0.2, 0.25) is 0 Å².